The molecule has 1 atom stereocenters. The first-order valence-electron chi connectivity index (χ1n) is 5.38. The third kappa shape index (κ3) is 5.30. The zero-order valence-corrected chi connectivity index (χ0v) is 11.6. The van der Waals surface area contributed by atoms with Gasteiger partial charge in [0.25, 0.3) is 0 Å². The number of nitrogens with zero attached hydrogens (tertiary/aromatic N) is 1. The Kier molecular flexibility index (Phi) is 6.35. The number of nitrogens with two attached hydrogens (primary N) is 1. The number of carboxylic acid groups (broad SMARTS) is 1. The summed E-state index contributed by atoms with van der Waals surface area (Å²) in [5.74, 6) is -0.491. The highest BCUT2D eigenvalue weighted by molar-refractivity contribution is 7.99. The highest BCUT2D eigenvalue weighted by Crippen LogP contribution is 2.22. The number of nitrogens with one attached hydrogen (secondary N) is 1. The molecule has 0 aliphatic heterocycles. The van der Waals surface area contributed by atoms with Crippen LogP contribution in [0.15, 0.2) is 11.4 Å². The standard InChI is InChI=1S/C11H13N3O3S2/c12-5-7-1-4-19-10(7)14-9(15)2-3-18-6-8(13)11(16)17/h1,4,8H,2-3,6,13H2,(H,14,15)(H,16,17). The topological polar surface area (TPSA) is 116 Å². The molecule has 1 amide bonds. The summed E-state index contributed by atoms with van der Waals surface area (Å²) in [6.45, 7) is 0. The molecule has 1 aromatic heterocycles. The highest BCUT2D eigenvalue weighted by atomic mass is 32.2. The van der Waals surface area contributed by atoms with Crippen LogP contribution in [-0.4, -0.2) is 34.5 Å². The van der Waals surface area contributed by atoms with E-state index in [1.807, 2.05) is 6.07 Å². The van der Waals surface area contributed by atoms with Crippen LogP contribution in [-0.2, 0) is 9.59 Å². The van der Waals surface area contributed by atoms with Crippen molar-refractivity contribution in [3.8, 4) is 6.07 Å². The number of thiophene rings is 1. The predicted octanol–water partition coefficient (Wildman–Crippen LogP) is 1.09. The van der Waals surface area contributed by atoms with Gasteiger partial charge in [-0.15, -0.1) is 11.3 Å². The minimum Gasteiger partial charge on any atom is -0.480 e. The lowest BCUT2D eigenvalue weighted by Gasteiger charge is -2.06. The Bertz CT molecular complexity index is 496. The van der Waals surface area contributed by atoms with Crippen molar-refractivity contribution in [1.82, 2.24) is 0 Å². The summed E-state index contributed by atoms with van der Waals surface area (Å²) in [6.07, 6.45) is 0.250. The van der Waals surface area contributed by atoms with Crippen LogP contribution in [0.25, 0.3) is 0 Å². The average Bonchev–Trinajstić information content (AvgIpc) is 2.81. The molecule has 0 aliphatic carbocycles. The summed E-state index contributed by atoms with van der Waals surface area (Å²) in [5.41, 5.74) is 5.77. The molecular formula is C11H13N3O3S2. The Morgan fingerprint density at radius 1 is 1.63 bits per heavy atom. The summed E-state index contributed by atoms with van der Waals surface area (Å²) in [6, 6.07) is 2.72. The second-order valence-corrected chi connectivity index (χ2v) is 5.66. The number of thioether (sulfide) groups is 1. The van der Waals surface area contributed by atoms with Gasteiger partial charge in [-0.3, -0.25) is 9.59 Å². The molecule has 0 radical (unpaired) electrons. The van der Waals surface area contributed by atoms with E-state index in [2.05, 4.69) is 5.32 Å². The SMILES string of the molecule is N#Cc1ccsc1NC(=O)CCSCC(N)C(=O)O. The molecule has 102 valence electrons. The highest BCUT2D eigenvalue weighted by Gasteiger charge is 2.12. The summed E-state index contributed by atoms with van der Waals surface area (Å²) >= 11 is 2.60. The van der Waals surface area contributed by atoms with Crippen molar-refractivity contribution in [3.63, 3.8) is 0 Å². The second kappa shape index (κ2) is 7.78. The molecule has 1 unspecified atom stereocenters. The lowest BCUT2D eigenvalue weighted by Crippen LogP contribution is -2.32. The van der Waals surface area contributed by atoms with E-state index in [-0.39, 0.29) is 18.1 Å². The Morgan fingerprint density at radius 2 is 2.37 bits per heavy atom. The fraction of sp³-hybridized carbons (Fsp3) is 0.364. The largest absolute Gasteiger partial charge is 0.480 e. The number of hydrogen-bond donors (Lipinski definition) is 3. The van der Waals surface area contributed by atoms with E-state index in [0.29, 0.717) is 16.3 Å². The molecule has 6 nitrogen and oxygen atoms in total. The molecule has 4 N–H and O–H groups in total. The van der Waals surface area contributed by atoms with Crippen molar-refractivity contribution in [2.45, 2.75) is 12.5 Å². The van der Waals surface area contributed by atoms with Crippen LogP contribution in [0.4, 0.5) is 5.00 Å². The van der Waals surface area contributed by atoms with Crippen molar-refractivity contribution >= 4 is 40.0 Å². The number of nitriles is 1. The third-order valence-electron chi connectivity index (χ3n) is 2.13. The zero-order valence-electron chi connectivity index (χ0n) is 9.96. The van der Waals surface area contributed by atoms with Gasteiger partial charge in [-0.25, -0.2) is 0 Å². The van der Waals surface area contributed by atoms with Gasteiger partial charge >= 0.3 is 5.97 Å². The van der Waals surface area contributed by atoms with E-state index in [4.69, 9.17) is 16.1 Å². The number of aliphatic carboxylic acids is 1. The number of hydrogen-bond acceptors (Lipinski definition) is 6. The minimum atomic E-state index is -1.05. The van der Waals surface area contributed by atoms with E-state index in [1.54, 1.807) is 11.4 Å². The summed E-state index contributed by atoms with van der Waals surface area (Å²) < 4.78 is 0. The normalized spacial score (nSPS) is 11.6. The van der Waals surface area contributed by atoms with E-state index in [0.717, 1.165) is 0 Å². The van der Waals surface area contributed by atoms with E-state index in [9.17, 15) is 9.59 Å². The molecule has 0 saturated heterocycles. The summed E-state index contributed by atoms with van der Waals surface area (Å²) in [7, 11) is 0. The van der Waals surface area contributed by atoms with Crippen LogP contribution < -0.4 is 11.1 Å². The number of carbonyl (C=O) groups is 2. The predicted molar refractivity (Wildman–Crippen MR) is 75.2 cm³/mol. The first-order chi connectivity index (χ1) is 9.04. The Hall–Kier alpha value is -1.56. The number of carboxylic acids is 1. The lowest BCUT2D eigenvalue weighted by molar-refractivity contribution is -0.137. The summed E-state index contributed by atoms with van der Waals surface area (Å²) in [5, 5.41) is 22.3. The molecule has 0 saturated carbocycles. The van der Waals surface area contributed by atoms with E-state index < -0.39 is 12.0 Å². The number of carbonyl (C=O) groups excluding carboxylic acids is 1. The van der Waals surface area contributed by atoms with Crippen LogP contribution in [0.2, 0.25) is 0 Å². The Labute approximate surface area is 118 Å². The van der Waals surface area contributed by atoms with Gasteiger partial charge in [-0.2, -0.15) is 17.0 Å². The van der Waals surface area contributed by atoms with Crippen LogP contribution in [0.1, 0.15) is 12.0 Å². The first-order valence-corrected chi connectivity index (χ1v) is 7.41. The van der Waals surface area contributed by atoms with Gasteiger partial charge in [0.15, 0.2) is 0 Å². The lowest BCUT2D eigenvalue weighted by atomic mass is 10.3. The van der Waals surface area contributed by atoms with E-state index >= 15 is 0 Å². The van der Waals surface area contributed by atoms with Crippen molar-refractivity contribution in [3.05, 3.63) is 17.0 Å². The van der Waals surface area contributed by atoms with Gasteiger partial charge in [0.2, 0.25) is 5.91 Å². The number of anilines is 1. The monoisotopic (exact) mass is 299 g/mol. The zero-order chi connectivity index (χ0) is 14.3. The molecule has 0 aliphatic rings. The molecule has 0 fully saturated rings. The van der Waals surface area contributed by atoms with Crippen LogP contribution in [0.3, 0.4) is 0 Å². The van der Waals surface area contributed by atoms with E-state index in [1.165, 1.54) is 23.1 Å². The molecule has 0 spiro atoms. The smallest absolute Gasteiger partial charge is 0.321 e. The third-order valence-corrected chi connectivity index (χ3v) is 4.04. The van der Waals surface area contributed by atoms with Gasteiger partial charge < -0.3 is 16.2 Å². The molecule has 19 heavy (non-hydrogen) atoms. The molecule has 0 bridgehead atoms. The number of rotatable bonds is 7. The summed E-state index contributed by atoms with van der Waals surface area (Å²) in [4.78, 5) is 22.0. The van der Waals surface area contributed by atoms with Crippen LogP contribution in [0.5, 0.6) is 0 Å². The van der Waals surface area contributed by atoms with Crippen LogP contribution >= 0.6 is 23.1 Å². The van der Waals surface area contributed by atoms with Crippen molar-refractivity contribution in [2.24, 2.45) is 5.73 Å². The van der Waals surface area contributed by atoms with Crippen LogP contribution in [0, 0.1) is 11.3 Å². The Morgan fingerprint density at radius 3 is 3.00 bits per heavy atom. The Balaban J connectivity index is 2.26. The first kappa shape index (κ1) is 15.5. The molecule has 1 aromatic rings. The maximum Gasteiger partial charge on any atom is 0.321 e. The average molecular weight is 299 g/mol. The van der Waals surface area contributed by atoms with Crippen molar-refractivity contribution < 1.29 is 14.7 Å². The van der Waals surface area contributed by atoms with Crippen molar-refractivity contribution in [2.75, 3.05) is 16.8 Å². The van der Waals surface area contributed by atoms with Gasteiger partial charge in [-0.1, -0.05) is 0 Å². The fourth-order valence-corrected chi connectivity index (χ4v) is 2.78. The van der Waals surface area contributed by atoms with Gasteiger partial charge in [0.05, 0.1) is 5.56 Å². The van der Waals surface area contributed by atoms with Gasteiger partial charge in [0, 0.05) is 17.9 Å². The van der Waals surface area contributed by atoms with Gasteiger partial charge in [0.1, 0.15) is 17.1 Å². The van der Waals surface area contributed by atoms with Gasteiger partial charge in [-0.05, 0) is 11.4 Å². The quantitative estimate of drug-likeness (QED) is 0.649. The maximum absolute atomic E-state index is 11.6. The molecule has 1 heterocycles. The number of amides is 1. The molecular weight excluding hydrogens is 286 g/mol. The maximum atomic E-state index is 11.6. The second-order valence-electron chi connectivity index (χ2n) is 3.59. The molecule has 0 aromatic carbocycles. The minimum absolute atomic E-state index is 0.199. The molecule has 8 heteroatoms. The van der Waals surface area contributed by atoms with Crippen molar-refractivity contribution in [1.29, 1.82) is 5.26 Å². The molecule has 1 rings (SSSR count). The fourth-order valence-electron chi connectivity index (χ4n) is 1.13.